The average molecular weight is 204 g/mol. The normalized spacial score (nSPS) is 15.3. The van der Waals surface area contributed by atoms with Gasteiger partial charge in [-0.25, -0.2) is 0 Å². The van der Waals surface area contributed by atoms with Gasteiger partial charge in [0.05, 0.1) is 0 Å². The maximum atomic E-state index is 2.39. The monoisotopic (exact) mass is 204 g/mol. The molecular formula is C15H24. The fraction of sp³-hybridized carbons (Fsp3) is 0.600. The first-order valence-electron chi connectivity index (χ1n) is 6.21. The molecule has 2 unspecified atom stereocenters. The summed E-state index contributed by atoms with van der Waals surface area (Å²) in [5.74, 6) is 2.23. The van der Waals surface area contributed by atoms with Crippen molar-refractivity contribution >= 4 is 0 Å². The molecule has 0 fully saturated rings. The van der Waals surface area contributed by atoms with Crippen LogP contribution in [0.2, 0.25) is 0 Å². The molecule has 0 aromatic heterocycles. The van der Waals surface area contributed by atoms with Crippen molar-refractivity contribution in [2.24, 2.45) is 11.8 Å². The van der Waals surface area contributed by atoms with Gasteiger partial charge in [0.1, 0.15) is 0 Å². The maximum Gasteiger partial charge on any atom is -0.0113 e. The Morgan fingerprint density at radius 3 is 2.07 bits per heavy atom. The van der Waals surface area contributed by atoms with Crippen LogP contribution in [0.4, 0.5) is 0 Å². The van der Waals surface area contributed by atoms with Gasteiger partial charge in [0.15, 0.2) is 0 Å². The van der Waals surface area contributed by atoms with Crippen molar-refractivity contribution in [3.8, 4) is 0 Å². The van der Waals surface area contributed by atoms with E-state index in [4.69, 9.17) is 0 Å². The summed E-state index contributed by atoms with van der Waals surface area (Å²) in [6.45, 7) is 9.34. The van der Waals surface area contributed by atoms with Crippen LogP contribution in [0.15, 0.2) is 30.3 Å². The summed E-state index contributed by atoms with van der Waals surface area (Å²) in [5, 5.41) is 0. The summed E-state index contributed by atoms with van der Waals surface area (Å²) in [7, 11) is 0. The molecular weight excluding hydrogens is 180 g/mol. The highest BCUT2D eigenvalue weighted by Gasteiger charge is 2.21. The van der Waals surface area contributed by atoms with E-state index in [1.807, 2.05) is 0 Å². The van der Waals surface area contributed by atoms with Crippen molar-refractivity contribution in [2.75, 3.05) is 0 Å². The lowest BCUT2D eigenvalue weighted by atomic mass is 9.77. The third kappa shape index (κ3) is 3.37. The minimum absolute atomic E-state index is 0.714. The van der Waals surface area contributed by atoms with E-state index in [-0.39, 0.29) is 0 Å². The highest BCUT2D eigenvalue weighted by Crippen LogP contribution is 2.34. The number of hydrogen-bond acceptors (Lipinski definition) is 0. The maximum absolute atomic E-state index is 2.39. The Bertz CT molecular complexity index is 261. The molecule has 1 aromatic rings. The molecule has 0 radical (unpaired) electrons. The largest absolute Gasteiger partial charge is 0.0654 e. The van der Waals surface area contributed by atoms with E-state index in [1.165, 1.54) is 18.4 Å². The van der Waals surface area contributed by atoms with E-state index in [2.05, 4.69) is 58.0 Å². The molecule has 0 heteroatoms. The van der Waals surface area contributed by atoms with E-state index in [0.29, 0.717) is 5.92 Å². The Labute approximate surface area is 94.7 Å². The standard InChI is InChI=1S/C15H24/c1-5-9-13(4)15(12(2)3)14-10-7-6-8-11-14/h6-8,10-13,15H,5,9H2,1-4H3. The highest BCUT2D eigenvalue weighted by molar-refractivity contribution is 5.20. The summed E-state index contributed by atoms with van der Waals surface area (Å²) >= 11 is 0. The van der Waals surface area contributed by atoms with Gasteiger partial charge in [-0.15, -0.1) is 0 Å². The molecule has 1 aromatic carbocycles. The van der Waals surface area contributed by atoms with Crippen molar-refractivity contribution in [1.29, 1.82) is 0 Å². The fourth-order valence-corrected chi connectivity index (χ4v) is 2.68. The zero-order chi connectivity index (χ0) is 11.3. The second-order valence-corrected chi connectivity index (χ2v) is 4.95. The van der Waals surface area contributed by atoms with Crippen molar-refractivity contribution in [3.05, 3.63) is 35.9 Å². The van der Waals surface area contributed by atoms with E-state index in [0.717, 1.165) is 11.8 Å². The molecule has 0 bridgehead atoms. The summed E-state index contributed by atoms with van der Waals surface area (Å²) < 4.78 is 0. The molecule has 84 valence electrons. The molecule has 0 heterocycles. The molecule has 0 amide bonds. The Kier molecular flexibility index (Phi) is 4.87. The van der Waals surface area contributed by atoms with Crippen LogP contribution in [-0.4, -0.2) is 0 Å². The smallest absolute Gasteiger partial charge is 0.0113 e. The van der Waals surface area contributed by atoms with Crippen molar-refractivity contribution in [1.82, 2.24) is 0 Å². The van der Waals surface area contributed by atoms with E-state index < -0.39 is 0 Å². The van der Waals surface area contributed by atoms with E-state index in [9.17, 15) is 0 Å². The predicted octanol–water partition coefficient (Wildman–Crippen LogP) is 4.86. The average Bonchev–Trinajstić information content (AvgIpc) is 2.19. The van der Waals surface area contributed by atoms with Gasteiger partial charge in [0.2, 0.25) is 0 Å². The van der Waals surface area contributed by atoms with Crippen LogP contribution < -0.4 is 0 Å². The molecule has 1 rings (SSSR count). The van der Waals surface area contributed by atoms with Crippen LogP contribution in [-0.2, 0) is 0 Å². The van der Waals surface area contributed by atoms with Gasteiger partial charge in [-0.1, -0.05) is 70.9 Å². The Morgan fingerprint density at radius 1 is 1.00 bits per heavy atom. The first-order valence-corrected chi connectivity index (χ1v) is 6.21. The van der Waals surface area contributed by atoms with Crippen molar-refractivity contribution in [2.45, 2.75) is 46.5 Å². The Morgan fingerprint density at radius 2 is 1.60 bits per heavy atom. The third-order valence-corrected chi connectivity index (χ3v) is 3.26. The lowest BCUT2D eigenvalue weighted by Gasteiger charge is -2.27. The summed E-state index contributed by atoms with van der Waals surface area (Å²) in [5.41, 5.74) is 1.51. The first-order chi connectivity index (χ1) is 7.16. The van der Waals surface area contributed by atoms with Gasteiger partial charge < -0.3 is 0 Å². The van der Waals surface area contributed by atoms with Gasteiger partial charge in [0, 0.05) is 0 Å². The van der Waals surface area contributed by atoms with Gasteiger partial charge in [-0.05, 0) is 23.3 Å². The minimum atomic E-state index is 0.714. The molecule has 0 nitrogen and oxygen atoms in total. The van der Waals surface area contributed by atoms with Crippen LogP contribution in [0.5, 0.6) is 0 Å². The first kappa shape index (κ1) is 12.3. The van der Waals surface area contributed by atoms with Crippen molar-refractivity contribution < 1.29 is 0 Å². The highest BCUT2D eigenvalue weighted by atomic mass is 14.3. The summed E-state index contributed by atoms with van der Waals surface area (Å²) in [6.07, 6.45) is 2.62. The molecule has 0 aliphatic rings. The van der Waals surface area contributed by atoms with Crippen LogP contribution in [0.25, 0.3) is 0 Å². The molecule has 0 saturated heterocycles. The zero-order valence-electron chi connectivity index (χ0n) is 10.5. The molecule has 2 atom stereocenters. The molecule has 0 spiro atoms. The Hall–Kier alpha value is -0.780. The molecule has 0 saturated carbocycles. The predicted molar refractivity (Wildman–Crippen MR) is 68.1 cm³/mol. The van der Waals surface area contributed by atoms with Crippen molar-refractivity contribution in [3.63, 3.8) is 0 Å². The lowest BCUT2D eigenvalue weighted by molar-refractivity contribution is 0.344. The SMILES string of the molecule is CCCC(C)C(c1ccccc1)C(C)C. The molecule has 0 N–H and O–H groups in total. The Balaban J connectivity index is 2.83. The molecule has 15 heavy (non-hydrogen) atoms. The summed E-state index contributed by atoms with van der Waals surface area (Å²) in [4.78, 5) is 0. The third-order valence-electron chi connectivity index (χ3n) is 3.26. The van der Waals surface area contributed by atoms with Crippen LogP contribution in [0, 0.1) is 11.8 Å². The van der Waals surface area contributed by atoms with Gasteiger partial charge >= 0.3 is 0 Å². The fourth-order valence-electron chi connectivity index (χ4n) is 2.68. The minimum Gasteiger partial charge on any atom is -0.0654 e. The second kappa shape index (κ2) is 5.95. The van der Waals surface area contributed by atoms with Crippen LogP contribution in [0.1, 0.15) is 52.0 Å². The number of rotatable bonds is 5. The number of benzene rings is 1. The van der Waals surface area contributed by atoms with E-state index >= 15 is 0 Å². The second-order valence-electron chi connectivity index (χ2n) is 4.95. The quantitative estimate of drug-likeness (QED) is 0.642. The van der Waals surface area contributed by atoms with Gasteiger partial charge in [-0.3, -0.25) is 0 Å². The van der Waals surface area contributed by atoms with Gasteiger partial charge in [-0.2, -0.15) is 0 Å². The summed E-state index contributed by atoms with van der Waals surface area (Å²) in [6, 6.07) is 11.0. The zero-order valence-corrected chi connectivity index (χ0v) is 10.5. The molecule has 0 aliphatic heterocycles. The van der Waals surface area contributed by atoms with Crippen LogP contribution >= 0.6 is 0 Å². The van der Waals surface area contributed by atoms with E-state index in [1.54, 1.807) is 0 Å². The van der Waals surface area contributed by atoms with Crippen LogP contribution in [0.3, 0.4) is 0 Å². The van der Waals surface area contributed by atoms with Gasteiger partial charge in [0.25, 0.3) is 0 Å². The number of hydrogen-bond donors (Lipinski definition) is 0. The lowest BCUT2D eigenvalue weighted by Crippen LogP contribution is -2.15. The molecule has 0 aliphatic carbocycles. The topological polar surface area (TPSA) is 0 Å².